The topological polar surface area (TPSA) is 70.2 Å². The van der Waals surface area contributed by atoms with Crippen LogP contribution in [0.5, 0.6) is 0 Å². The molecule has 88 valence electrons. The van der Waals surface area contributed by atoms with Crippen LogP contribution >= 0.6 is 0 Å². The molecule has 0 aliphatic rings. The molecule has 1 aromatic carbocycles. The average Bonchev–Trinajstić information content (AvgIpc) is 2.27. The van der Waals surface area contributed by atoms with E-state index in [1.54, 1.807) is 12.1 Å². The second kappa shape index (κ2) is 3.73. The quantitative estimate of drug-likeness (QED) is 0.829. The van der Waals surface area contributed by atoms with E-state index in [1.165, 1.54) is 13.8 Å². The van der Waals surface area contributed by atoms with E-state index >= 15 is 0 Å². The fourth-order valence-corrected chi connectivity index (χ4v) is 1.73. The second-order valence-electron chi connectivity index (χ2n) is 4.53. The highest BCUT2D eigenvalue weighted by molar-refractivity contribution is 5.84. The molecule has 0 bridgehead atoms. The summed E-state index contributed by atoms with van der Waals surface area (Å²) in [6.45, 7) is 3.04. The molecule has 0 atom stereocenters. The van der Waals surface area contributed by atoms with Crippen LogP contribution in [0.2, 0.25) is 0 Å². The lowest BCUT2D eigenvalue weighted by Crippen LogP contribution is -2.34. The monoisotopic (exact) mass is 231 g/mol. The summed E-state index contributed by atoms with van der Waals surface area (Å²) in [4.78, 5) is 25.7. The molecule has 2 aromatic rings. The normalized spacial score (nSPS) is 11.6. The fourth-order valence-electron chi connectivity index (χ4n) is 1.73. The first-order valence-electron chi connectivity index (χ1n) is 5.29. The van der Waals surface area contributed by atoms with Crippen molar-refractivity contribution >= 4 is 16.9 Å². The van der Waals surface area contributed by atoms with E-state index in [1.807, 2.05) is 18.2 Å². The minimum Gasteiger partial charge on any atom is -0.481 e. The zero-order chi connectivity index (χ0) is 12.6. The predicted molar refractivity (Wildman–Crippen MR) is 65.2 cm³/mol. The number of carbonyl (C=O) groups is 1. The number of carboxylic acid groups (broad SMARTS) is 1. The lowest BCUT2D eigenvalue weighted by atomic mass is 9.85. The summed E-state index contributed by atoms with van der Waals surface area (Å²) < 4.78 is 0. The first-order valence-corrected chi connectivity index (χ1v) is 5.29. The molecule has 4 nitrogen and oxygen atoms in total. The first-order chi connectivity index (χ1) is 7.93. The van der Waals surface area contributed by atoms with E-state index in [0.717, 1.165) is 5.39 Å². The van der Waals surface area contributed by atoms with Crippen LogP contribution in [-0.4, -0.2) is 16.1 Å². The molecule has 1 heterocycles. The van der Waals surface area contributed by atoms with E-state index < -0.39 is 11.4 Å². The minimum absolute atomic E-state index is 0.267. The summed E-state index contributed by atoms with van der Waals surface area (Å²) in [6, 6.07) is 8.93. The van der Waals surface area contributed by atoms with Crippen molar-refractivity contribution in [3.63, 3.8) is 0 Å². The van der Waals surface area contributed by atoms with Crippen molar-refractivity contribution in [1.29, 1.82) is 0 Å². The van der Waals surface area contributed by atoms with E-state index in [2.05, 4.69) is 4.98 Å². The van der Waals surface area contributed by atoms with Gasteiger partial charge >= 0.3 is 5.97 Å². The number of fused-ring (bicyclic) bond motifs is 1. The summed E-state index contributed by atoms with van der Waals surface area (Å²) in [7, 11) is 0. The number of para-hydroxylation sites is 1. The molecule has 17 heavy (non-hydrogen) atoms. The number of rotatable bonds is 2. The van der Waals surface area contributed by atoms with Crippen LogP contribution < -0.4 is 5.56 Å². The third-order valence-electron chi connectivity index (χ3n) is 2.96. The number of aromatic nitrogens is 1. The molecule has 0 saturated carbocycles. The molecule has 2 rings (SSSR count). The van der Waals surface area contributed by atoms with Gasteiger partial charge < -0.3 is 10.1 Å². The smallest absolute Gasteiger partial charge is 0.313 e. The van der Waals surface area contributed by atoms with Crippen LogP contribution in [0.4, 0.5) is 0 Å². The largest absolute Gasteiger partial charge is 0.481 e. The zero-order valence-corrected chi connectivity index (χ0v) is 9.65. The van der Waals surface area contributed by atoms with Crippen LogP contribution in [-0.2, 0) is 10.2 Å². The van der Waals surface area contributed by atoms with E-state index in [9.17, 15) is 9.59 Å². The fraction of sp³-hybridized carbons (Fsp3) is 0.231. The zero-order valence-electron chi connectivity index (χ0n) is 9.65. The highest BCUT2D eigenvalue weighted by Gasteiger charge is 2.32. The third-order valence-corrected chi connectivity index (χ3v) is 2.96. The molecule has 4 heteroatoms. The Morgan fingerprint density at radius 2 is 1.94 bits per heavy atom. The summed E-state index contributed by atoms with van der Waals surface area (Å²) in [6.07, 6.45) is 0. The molecule has 0 aliphatic heterocycles. The van der Waals surface area contributed by atoms with Gasteiger partial charge in [0.1, 0.15) is 0 Å². The van der Waals surface area contributed by atoms with Crippen LogP contribution in [0, 0.1) is 0 Å². The number of H-pyrrole nitrogens is 1. The Bertz CT molecular complexity index is 640. The summed E-state index contributed by atoms with van der Waals surface area (Å²) in [5, 5.41) is 9.97. The molecular weight excluding hydrogens is 218 g/mol. The number of carboxylic acids is 1. The molecular formula is C13H13NO3. The number of nitrogens with one attached hydrogen (secondary N) is 1. The lowest BCUT2D eigenvalue weighted by molar-refractivity contribution is -0.142. The van der Waals surface area contributed by atoms with Gasteiger partial charge in [-0.25, -0.2) is 0 Å². The van der Waals surface area contributed by atoms with Gasteiger partial charge in [-0.3, -0.25) is 9.59 Å². The van der Waals surface area contributed by atoms with Crippen LogP contribution in [0.15, 0.2) is 35.1 Å². The minimum atomic E-state index is -1.20. The van der Waals surface area contributed by atoms with Gasteiger partial charge in [0.15, 0.2) is 0 Å². The highest BCUT2D eigenvalue weighted by Crippen LogP contribution is 2.22. The number of hydrogen-bond donors (Lipinski definition) is 2. The number of aromatic amines is 1. The number of hydrogen-bond acceptors (Lipinski definition) is 2. The Balaban J connectivity index is 2.75. The molecule has 0 amide bonds. The van der Waals surface area contributed by atoms with E-state index in [0.29, 0.717) is 5.52 Å². The van der Waals surface area contributed by atoms with Crippen molar-refractivity contribution in [2.24, 2.45) is 0 Å². The van der Waals surface area contributed by atoms with Gasteiger partial charge in [-0.15, -0.1) is 0 Å². The van der Waals surface area contributed by atoms with Gasteiger partial charge in [0.05, 0.1) is 5.41 Å². The molecule has 0 fully saturated rings. The van der Waals surface area contributed by atoms with E-state index in [4.69, 9.17) is 5.11 Å². The van der Waals surface area contributed by atoms with Crippen molar-refractivity contribution < 1.29 is 9.90 Å². The van der Waals surface area contributed by atoms with Crippen molar-refractivity contribution in [2.75, 3.05) is 0 Å². The van der Waals surface area contributed by atoms with Gasteiger partial charge in [0.25, 0.3) is 5.56 Å². The van der Waals surface area contributed by atoms with Crippen molar-refractivity contribution in [3.05, 3.63) is 46.2 Å². The molecule has 2 N–H and O–H groups in total. The van der Waals surface area contributed by atoms with Crippen molar-refractivity contribution in [3.8, 4) is 0 Å². The Morgan fingerprint density at radius 3 is 2.59 bits per heavy atom. The Labute approximate surface area is 97.9 Å². The molecule has 0 saturated heterocycles. The van der Waals surface area contributed by atoms with Crippen LogP contribution in [0.25, 0.3) is 10.9 Å². The van der Waals surface area contributed by atoms with Gasteiger partial charge in [0, 0.05) is 11.1 Å². The highest BCUT2D eigenvalue weighted by atomic mass is 16.4. The molecule has 0 unspecified atom stereocenters. The van der Waals surface area contributed by atoms with E-state index in [-0.39, 0.29) is 11.1 Å². The Morgan fingerprint density at radius 1 is 1.29 bits per heavy atom. The molecule has 0 aliphatic carbocycles. The lowest BCUT2D eigenvalue weighted by Gasteiger charge is -2.18. The van der Waals surface area contributed by atoms with Gasteiger partial charge in [-0.2, -0.15) is 0 Å². The standard InChI is InChI=1S/C13H13NO3/c1-13(2,12(16)17)9-7-8-5-3-4-6-10(8)14-11(9)15/h3-7H,1-2H3,(H,14,15)(H,16,17). The first kappa shape index (κ1) is 11.4. The maximum Gasteiger partial charge on any atom is 0.313 e. The molecule has 0 radical (unpaired) electrons. The molecule has 0 spiro atoms. The van der Waals surface area contributed by atoms with Gasteiger partial charge in [-0.1, -0.05) is 18.2 Å². The average molecular weight is 231 g/mol. The van der Waals surface area contributed by atoms with Gasteiger partial charge in [-0.05, 0) is 31.4 Å². The Kier molecular flexibility index (Phi) is 2.50. The van der Waals surface area contributed by atoms with Gasteiger partial charge in [0.2, 0.25) is 0 Å². The maximum atomic E-state index is 11.9. The molecule has 1 aromatic heterocycles. The van der Waals surface area contributed by atoms with Crippen LogP contribution in [0.1, 0.15) is 19.4 Å². The Hall–Kier alpha value is -2.10. The third kappa shape index (κ3) is 1.82. The number of pyridine rings is 1. The second-order valence-corrected chi connectivity index (χ2v) is 4.53. The maximum absolute atomic E-state index is 11.9. The summed E-state index contributed by atoms with van der Waals surface area (Å²) in [5.41, 5.74) is -0.570. The van der Waals surface area contributed by atoms with Crippen molar-refractivity contribution in [1.82, 2.24) is 4.98 Å². The summed E-state index contributed by atoms with van der Waals surface area (Å²) in [5.74, 6) is -1.02. The predicted octanol–water partition coefficient (Wildman–Crippen LogP) is 1.89. The van der Waals surface area contributed by atoms with Crippen LogP contribution in [0.3, 0.4) is 0 Å². The SMILES string of the molecule is CC(C)(C(=O)O)c1cc2ccccc2[nH]c1=O. The number of benzene rings is 1. The van der Waals surface area contributed by atoms with Crippen molar-refractivity contribution in [2.45, 2.75) is 19.3 Å². The summed E-state index contributed by atoms with van der Waals surface area (Å²) >= 11 is 0. The number of aliphatic carboxylic acids is 1.